The van der Waals surface area contributed by atoms with E-state index in [2.05, 4.69) is 21.2 Å². The Balaban J connectivity index is 1.74. The summed E-state index contributed by atoms with van der Waals surface area (Å²) in [4.78, 5) is 23.1. The molecule has 0 aliphatic rings. The molecule has 2 rings (SSSR count). The van der Waals surface area contributed by atoms with E-state index in [1.807, 2.05) is 6.07 Å². The maximum absolute atomic E-state index is 13.3. The van der Waals surface area contributed by atoms with Crippen molar-refractivity contribution < 1.29 is 23.5 Å². The van der Waals surface area contributed by atoms with Gasteiger partial charge in [-0.3, -0.25) is 4.79 Å². The van der Waals surface area contributed by atoms with Gasteiger partial charge < -0.3 is 14.8 Å². The normalized spacial score (nSPS) is 10.0. The van der Waals surface area contributed by atoms with Crippen LogP contribution in [0.1, 0.15) is 0 Å². The molecule has 0 aromatic heterocycles. The number of carbonyl (C=O) groups is 2. The van der Waals surface area contributed by atoms with E-state index in [-0.39, 0.29) is 12.3 Å². The van der Waals surface area contributed by atoms with Crippen LogP contribution in [0.25, 0.3) is 0 Å². The standard InChI is InChI=1S/C16H13BrFNO4/c17-11-4-3-5-12(8-11)22-10-16(21)23-9-15(20)19-14-7-2-1-6-13(14)18/h1-8H,9-10H2,(H,19,20). The number of rotatable bonds is 6. The Morgan fingerprint density at radius 3 is 2.61 bits per heavy atom. The molecular formula is C16H13BrFNO4. The second-order valence-electron chi connectivity index (χ2n) is 4.43. The fraction of sp³-hybridized carbons (Fsp3) is 0.125. The molecule has 0 atom stereocenters. The molecule has 5 nitrogen and oxygen atoms in total. The summed E-state index contributed by atoms with van der Waals surface area (Å²) in [6.45, 7) is -0.849. The highest BCUT2D eigenvalue weighted by Gasteiger charge is 2.10. The lowest BCUT2D eigenvalue weighted by molar-refractivity contribution is -0.149. The number of halogens is 2. The first-order valence-electron chi connectivity index (χ1n) is 6.63. The summed E-state index contributed by atoms with van der Waals surface area (Å²) in [5.74, 6) is -1.41. The van der Waals surface area contributed by atoms with E-state index in [0.717, 1.165) is 4.47 Å². The van der Waals surface area contributed by atoms with Gasteiger partial charge in [0.2, 0.25) is 0 Å². The maximum atomic E-state index is 13.3. The van der Waals surface area contributed by atoms with Gasteiger partial charge in [-0.15, -0.1) is 0 Å². The lowest BCUT2D eigenvalue weighted by atomic mass is 10.3. The van der Waals surface area contributed by atoms with E-state index in [9.17, 15) is 14.0 Å². The van der Waals surface area contributed by atoms with Gasteiger partial charge in [0.1, 0.15) is 11.6 Å². The quantitative estimate of drug-likeness (QED) is 0.780. The molecule has 120 valence electrons. The molecule has 0 saturated carbocycles. The molecule has 0 radical (unpaired) electrons. The van der Waals surface area contributed by atoms with Crippen LogP contribution in [-0.2, 0) is 14.3 Å². The van der Waals surface area contributed by atoms with Crippen LogP contribution in [0, 0.1) is 5.82 Å². The van der Waals surface area contributed by atoms with E-state index in [0.29, 0.717) is 5.75 Å². The minimum Gasteiger partial charge on any atom is -0.482 e. The number of ether oxygens (including phenoxy) is 2. The van der Waals surface area contributed by atoms with Crippen LogP contribution in [0.15, 0.2) is 53.0 Å². The minimum absolute atomic E-state index is 0.0268. The second kappa shape index (κ2) is 8.28. The van der Waals surface area contributed by atoms with Gasteiger partial charge in [-0.05, 0) is 30.3 Å². The van der Waals surface area contributed by atoms with E-state index < -0.39 is 24.3 Å². The highest BCUT2D eigenvalue weighted by molar-refractivity contribution is 9.10. The molecule has 2 aromatic carbocycles. The summed E-state index contributed by atoms with van der Waals surface area (Å²) in [7, 11) is 0. The van der Waals surface area contributed by atoms with Crippen LogP contribution in [-0.4, -0.2) is 25.1 Å². The molecule has 1 amide bonds. The molecule has 0 saturated heterocycles. The molecule has 0 bridgehead atoms. The van der Waals surface area contributed by atoms with Gasteiger partial charge in [-0.2, -0.15) is 0 Å². The van der Waals surface area contributed by atoms with Crippen molar-refractivity contribution in [3.8, 4) is 5.75 Å². The van der Waals surface area contributed by atoms with Crippen molar-refractivity contribution in [2.75, 3.05) is 18.5 Å². The summed E-state index contributed by atoms with van der Waals surface area (Å²) in [5, 5.41) is 2.31. The molecule has 0 fully saturated rings. The lowest BCUT2D eigenvalue weighted by Crippen LogP contribution is -2.24. The van der Waals surface area contributed by atoms with Crippen molar-refractivity contribution in [3.63, 3.8) is 0 Å². The Bertz CT molecular complexity index is 708. The first-order valence-corrected chi connectivity index (χ1v) is 7.42. The van der Waals surface area contributed by atoms with Gasteiger partial charge in [0.25, 0.3) is 5.91 Å². The molecule has 7 heteroatoms. The smallest absolute Gasteiger partial charge is 0.344 e. The van der Waals surface area contributed by atoms with Crippen LogP contribution in [0.3, 0.4) is 0 Å². The third-order valence-corrected chi connectivity index (χ3v) is 3.16. The van der Waals surface area contributed by atoms with Crippen LogP contribution >= 0.6 is 15.9 Å². The number of nitrogens with one attached hydrogen (secondary N) is 1. The van der Waals surface area contributed by atoms with Crippen molar-refractivity contribution in [3.05, 3.63) is 58.8 Å². The third-order valence-electron chi connectivity index (χ3n) is 2.66. The molecule has 0 heterocycles. The largest absolute Gasteiger partial charge is 0.482 e. The van der Waals surface area contributed by atoms with Crippen LogP contribution in [0.2, 0.25) is 0 Å². The van der Waals surface area contributed by atoms with Crippen LogP contribution in [0.5, 0.6) is 5.75 Å². The molecule has 0 aliphatic carbocycles. The number of anilines is 1. The van der Waals surface area contributed by atoms with E-state index >= 15 is 0 Å². The van der Waals surface area contributed by atoms with Crippen molar-refractivity contribution >= 4 is 33.5 Å². The molecule has 0 aliphatic heterocycles. The van der Waals surface area contributed by atoms with Gasteiger partial charge in [0.05, 0.1) is 5.69 Å². The minimum atomic E-state index is -0.700. The summed E-state index contributed by atoms with van der Waals surface area (Å²) in [6, 6.07) is 12.7. The molecule has 2 aromatic rings. The zero-order chi connectivity index (χ0) is 16.7. The average Bonchev–Trinajstić information content (AvgIpc) is 2.53. The van der Waals surface area contributed by atoms with E-state index in [4.69, 9.17) is 9.47 Å². The fourth-order valence-corrected chi connectivity index (χ4v) is 2.01. The predicted molar refractivity (Wildman–Crippen MR) is 85.6 cm³/mol. The van der Waals surface area contributed by atoms with Gasteiger partial charge >= 0.3 is 5.97 Å². The second-order valence-corrected chi connectivity index (χ2v) is 5.35. The monoisotopic (exact) mass is 381 g/mol. The first kappa shape index (κ1) is 17.0. The number of para-hydroxylation sites is 1. The number of hydrogen-bond acceptors (Lipinski definition) is 4. The zero-order valence-electron chi connectivity index (χ0n) is 11.9. The molecule has 0 unspecified atom stereocenters. The lowest BCUT2D eigenvalue weighted by Gasteiger charge is -2.08. The Morgan fingerprint density at radius 1 is 1.09 bits per heavy atom. The summed E-state index contributed by atoms with van der Waals surface area (Å²) < 4.78 is 24.1. The van der Waals surface area contributed by atoms with Gasteiger partial charge in [-0.25, -0.2) is 9.18 Å². The Morgan fingerprint density at radius 2 is 1.87 bits per heavy atom. The summed E-state index contributed by atoms with van der Waals surface area (Å²) in [5.41, 5.74) is 0.0268. The van der Waals surface area contributed by atoms with Crippen molar-refractivity contribution in [1.29, 1.82) is 0 Å². The number of benzene rings is 2. The number of hydrogen-bond donors (Lipinski definition) is 1. The van der Waals surface area contributed by atoms with Crippen LogP contribution < -0.4 is 10.1 Å². The Kier molecular flexibility index (Phi) is 6.10. The predicted octanol–water partition coefficient (Wildman–Crippen LogP) is 3.15. The average molecular weight is 382 g/mol. The number of amides is 1. The maximum Gasteiger partial charge on any atom is 0.344 e. The van der Waals surface area contributed by atoms with Crippen LogP contribution in [0.4, 0.5) is 10.1 Å². The molecule has 23 heavy (non-hydrogen) atoms. The van der Waals surface area contributed by atoms with Crippen molar-refractivity contribution in [1.82, 2.24) is 0 Å². The summed E-state index contributed by atoms with van der Waals surface area (Å²) >= 11 is 3.28. The van der Waals surface area contributed by atoms with E-state index in [1.165, 1.54) is 18.2 Å². The zero-order valence-corrected chi connectivity index (χ0v) is 13.5. The highest BCUT2D eigenvalue weighted by atomic mass is 79.9. The first-order chi connectivity index (χ1) is 11.0. The number of carbonyl (C=O) groups excluding carboxylic acids is 2. The van der Waals surface area contributed by atoms with Gasteiger partial charge in [0.15, 0.2) is 13.2 Å². The molecule has 1 N–H and O–H groups in total. The Labute approximate surface area is 140 Å². The molecular weight excluding hydrogens is 369 g/mol. The highest BCUT2D eigenvalue weighted by Crippen LogP contribution is 2.17. The summed E-state index contributed by atoms with van der Waals surface area (Å²) in [6.07, 6.45) is 0. The topological polar surface area (TPSA) is 64.6 Å². The van der Waals surface area contributed by atoms with Crippen molar-refractivity contribution in [2.24, 2.45) is 0 Å². The third kappa shape index (κ3) is 5.71. The van der Waals surface area contributed by atoms with Gasteiger partial charge in [0, 0.05) is 4.47 Å². The SMILES string of the molecule is O=C(COC(=O)COc1cccc(Br)c1)Nc1ccccc1F. The van der Waals surface area contributed by atoms with E-state index in [1.54, 1.807) is 24.3 Å². The van der Waals surface area contributed by atoms with Crippen molar-refractivity contribution in [2.45, 2.75) is 0 Å². The van der Waals surface area contributed by atoms with Gasteiger partial charge in [-0.1, -0.05) is 34.1 Å². The Hall–Kier alpha value is -2.41. The number of esters is 1. The fourth-order valence-electron chi connectivity index (χ4n) is 1.64. The molecule has 0 spiro atoms.